The van der Waals surface area contributed by atoms with Gasteiger partial charge in [-0.2, -0.15) is 0 Å². The third-order valence-electron chi connectivity index (χ3n) is 10.6. The van der Waals surface area contributed by atoms with Crippen LogP contribution in [0.15, 0.2) is 97.1 Å². The monoisotopic (exact) mass is 648 g/mol. The van der Waals surface area contributed by atoms with Crippen molar-refractivity contribution in [2.75, 3.05) is 21.3 Å². The fourth-order valence-electron chi connectivity index (χ4n) is 8.05. The number of hydrogen-bond donors (Lipinski definition) is 0. The van der Waals surface area contributed by atoms with Crippen molar-refractivity contribution in [2.24, 2.45) is 5.92 Å². The summed E-state index contributed by atoms with van der Waals surface area (Å²) in [6.45, 7) is 1.15. The Morgan fingerprint density at radius 2 is 1.51 bits per heavy atom. The third-order valence-corrected chi connectivity index (χ3v) is 10.6. The van der Waals surface area contributed by atoms with E-state index in [4.69, 9.17) is 9.47 Å². The molecule has 6 heteroatoms. The Hall–Kier alpha value is -5.20. The van der Waals surface area contributed by atoms with Crippen LogP contribution in [0.3, 0.4) is 0 Å². The van der Waals surface area contributed by atoms with Gasteiger partial charge < -0.3 is 14.0 Å². The van der Waals surface area contributed by atoms with Crippen LogP contribution in [0.2, 0.25) is 0 Å². The van der Waals surface area contributed by atoms with Gasteiger partial charge in [0, 0.05) is 53.7 Å². The number of aryl methyl sites for hydroxylation is 1. The van der Waals surface area contributed by atoms with E-state index in [0.717, 1.165) is 92.2 Å². The molecule has 1 aromatic heterocycles. The molecule has 0 amide bonds. The molecular formula is C43H40N2O4. The number of aromatic nitrogens is 1. The fraction of sp³-hybridized carbons (Fsp3) is 0.256. The van der Waals surface area contributed by atoms with E-state index in [1.54, 1.807) is 14.2 Å². The molecule has 2 aliphatic rings. The number of Topliss-reactive ketones (excluding diaryl/α,β-unsaturated/α-hetero) is 1. The first-order valence-electron chi connectivity index (χ1n) is 17.1. The minimum Gasteiger partial charge on any atom is -0.497 e. The molecule has 6 nitrogen and oxygen atoms in total. The van der Waals surface area contributed by atoms with Gasteiger partial charge in [0.2, 0.25) is 0 Å². The van der Waals surface area contributed by atoms with E-state index in [0.29, 0.717) is 25.3 Å². The van der Waals surface area contributed by atoms with Crippen molar-refractivity contribution in [3.63, 3.8) is 0 Å². The van der Waals surface area contributed by atoms with Crippen LogP contribution in [0, 0.1) is 5.92 Å². The number of rotatable bonds is 12. The number of benzene rings is 5. The van der Waals surface area contributed by atoms with E-state index in [-0.39, 0.29) is 12.0 Å². The molecule has 0 unspecified atom stereocenters. The normalized spacial score (nSPS) is 13.7. The molecule has 0 aliphatic heterocycles. The molecule has 1 saturated carbocycles. The average molecular weight is 649 g/mol. The molecule has 0 bridgehead atoms. The van der Waals surface area contributed by atoms with Crippen LogP contribution in [0.1, 0.15) is 63.5 Å². The fourth-order valence-corrected chi connectivity index (χ4v) is 8.05. The highest BCUT2D eigenvalue weighted by atomic mass is 16.5. The molecule has 0 spiro atoms. The van der Waals surface area contributed by atoms with Crippen LogP contribution < -0.4 is 9.47 Å². The minimum absolute atomic E-state index is 0.114. The summed E-state index contributed by atoms with van der Waals surface area (Å²) in [4.78, 5) is 28.8. The van der Waals surface area contributed by atoms with Crippen molar-refractivity contribution in [3.8, 4) is 22.6 Å². The largest absolute Gasteiger partial charge is 0.497 e. The number of aldehydes is 1. The number of fused-ring (bicyclic) bond motifs is 7. The number of nitrogens with zero attached hydrogens (tertiary/aromatic N) is 2. The quantitative estimate of drug-likeness (QED) is 0.124. The van der Waals surface area contributed by atoms with Gasteiger partial charge in [-0.3, -0.25) is 14.5 Å². The van der Waals surface area contributed by atoms with Crippen LogP contribution in [0.25, 0.3) is 32.9 Å². The molecule has 8 rings (SSSR count). The van der Waals surface area contributed by atoms with Crippen LogP contribution in [-0.2, 0) is 24.3 Å². The van der Waals surface area contributed by atoms with Crippen LogP contribution >= 0.6 is 0 Å². The van der Waals surface area contributed by atoms with E-state index in [2.05, 4.69) is 89.3 Å². The molecule has 1 fully saturated rings. The number of methoxy groups -OCH3 is 2. The van der Waals surface area contributed by atoms with Crippen LogP contribution in [-0.4, -0.2) is 42.8 Å². The Labute approximate surface area is 286 Å². The second-order valence-corrected chi connectivity index (χ2v) is 13.4. The maximum Gasteiger partial charge on any atom is 0.151 e. The number of ketones is 1. The molecule has 0 atom stereocenters. The molecule has 0 saturated heterocycles. The Bertz CT molecular complexity index is 2160. The molecular weight excluding hydrogens is 608 g/mol. The minimum atomic E-state index is -0.114. The Balaban J connectivity index is 1.34. The molecule has 0 N–H and O–H groups in total. The van der Waals surface area contributed by atoms with Gasteiger partial charge in [-0.05, 0) is 89.2 Å². The summed E-state index contributed by atoms with van der Waals surface area (Å²) in [5, 5.41) is 2.23. The summed E-state index contributed by atoms with van der Waals surface area (Å²) < 4.78 is 13.4. The third kappa shape index (κ3) is 5.41. The van der Waals surface area contributed by atoms with Crippen molar-refractivity contribution in [1.29, 1.82) is 0 Å². The van der Waals surface area contributed by atoms with E-state index in [1.807, 2.05) is 24.3 Å². The van der Waals surface area contributed by atoms with Gasteiger partial charge in [0.1, 0.15) is 17.3 Å². The van der Waals surface area contributed by atoms with Gasteiger partial charge >= 0.3 is 0 Å². The first kappa shape index (κ1) is 31.1. The molecule has 6 aromatic rings. The summed E-state index contributed by atoms with van der Waals surface area (Å²) in [6.07, 6.45) is 4.37. The molecule has 49 heavy (non-hydrogen) atoms. The zero-order chi connectivity index (χ0) is 33.6. The number of ether oxygens (including phenoxy) is 2. The Morgan fingerprint density at radius 1 is 0.878 bits per heavy atom. The second-order valence-electron chi connectivity index (χ2n) is 13.4. The van der Waals surface area contributed by atoms with Gasteiger partial charge in [0.15, 0.2) is 6.29 Å². The lowest BCUT2D eigenvalue weighted by Crippen LogP contribution is -2.26. The molecule has 246 valence electrons. The maximum atomic E-state index is 13.4. The van der Waals surface area contributed by atoms with Crippen LogP contribution in [0.5, 0.6) is 11.5 Å². The second kappa shape index (κ2) is 12.7. The topological polar surface area (TPSA) is 60.8 Å². The standard InChI is InChI=1S/C43H40N2O4/c1-44(42(28-14-18-31(48-2)19-15-28)29-16-20-32(49-3)21-17-29)25-36-37(26-46)40-33-9-5-4-8-30(33)24-35(40)43-41(36)34-10-6-7-11-38(34)45(43)23-22-39(47)27-12-13-27/h4-11,14-21,26-27,42H,12-13,22-25H2,1-3H3. The van der Waals surface area contributed by atoms with Gasteiger partial charge in [0.05, 0.1) is 25.8 Å². The van der Waals surface area contributed by atoms with Crippen molar-refractivity contribution >= 4 is 33.9 Å². The van der Waals surface area contributed by atoms with Gasteiger partial charge in [-0.15, -0.1) is 0 Å². The maximum absolute atomic E-state index is 13.4. The summed E-state index contributed by atoms with van der Waals surface area (Å²) >= 11 is 0. The number of carbonyl (C=O) groups is 2. The summed E-state index contributed by atoms with van der Waals surface area (Å²) in [5.41, 5.74) is 10.8. The molecule has 2 aliphatic carbocycles. The highest BCUT2D eigenvalue weighted by molar-refractivity contribution is 6.16. The van der Waals surface area contributed by atoms with Gasteiger partial charge in [-0.1, -0.05) is 66.7 Å². The number of carbonyl (C=O) groups excluding carboxylic acids is 2. The lowest BCUT2D eigenvalue weighted by Gasteiger charge is -2.30. The summed E-state index contributed by atoms with van der Waals surface area (Å²) in [7, 11) is 5.49. The Kier molecular flexibility index (Phi) is 8.04. The van der Waals surface area contributed by atoms with E-state index in [1.165, 1.54) is 11.1 Å². The molecule has 5 aromatic carbocycles. The zero-order valence-corrected chi connectivity index (χ0v) is 28.2. The highest BCUT2D eigenvalue weighted by Gasteiger charge is 2.33. The van der Waals surface area contributed by atoms with E-state index in [9.17, 15) is 9.59 Å². The van der Waals surface area contributed by atoms with Crippen LogP contribution in [0.4, 0.5) is 0 Å². The van der Waals surface area contributed by atoms with Crippen molar-refractivity contribution < 1.29 is 19.1 Å². The first-order valence-corrected chi connectivity index (χ1v) is 17.1. The predicted molar refractivity (Wildman–Crippen MR) is 195 cm³/mol. The molecule has 1 heterocycles. The summed E-state index contributed by atoms with van der Waals surface area (Å²) in [6, 6.07) is 33.3. The number of hydrogen-bond acceptors (Lipinski definition) is 5. The molecule has 0 radical (unpaired) electrons. The van der Waals surface area contributed by atoms with Crippen molar-refractivity contribution in [3.05, 3.63) is 130 Å². The lowest BCUT2D eigenvalue weighted by atomic mass is 9.90. The predicted octanol–water partition coefficient (Wildman–Crippen LogP) is 8.79. The smallest absolute Gasteiger partial charge is 0.151 e. The van der Waals surface area contributed by atoms with Crippen molar-refractivity contribution in [1.82, 2.24) is 9.47 Å². The van der Waals surface area contributed by atoms with Gasteiger partial charge in [-0.25, -0.2) is 0 Å². The van der Waals surface area contributed by atoms with E-state index < -0.39 is 0 Å². The zero-order valence-electron chi connectivity index (χ0n) is 28.2. The Morgan fingerprint density at radius 3 is 2.14 bits per heavy atom. The number of para-hydroxylation sites is 1. The lowest BCUT2D eigenvalue weighted by molar-refractivity contribution is -0.120. The SMILES string of the molecule is COc1ccc(C(c2ccc(OC)cc2)N(C)Cc2c(C=O)c3c(c4c2c2ccccc2n4CCC(=O)C2CC2)Cc2ccccc2-3)cc1. The van der Waals surface area contributed by atoms with E-state index >= 15 is 0 Å². The van der Waals surface area contributed by atoms with Gasteiger partial charge in [0.25, 0.3) is 0 Å². The highest BCUT2D eigenvalue weighted by Crippen LogP contribution is 2.48. The average Bonchev–Trinajstić information content (AvgIpc) is 3.85. The summed E-state index contributed by atoms with van der Waals surface area (Å²) in [5.74, 6) is 2.18. The first-order chi connectivity index (χ1) is 24.0. The van der Waals surface area contributed by atoms with Crippen molar-refractivity contribution in [2.45, 2.75) is 44.8 Å².